The fraction of sp³-hybridized carbons (Fsp3) is 0.276. The van der Waals surface area contributed by atoms with E-state index in [-0.39, 0.29) is 12.5 Å². The predicted octanol–water partition coefficient (Wildman–Crippen LogP) is 3.75. The number of nitrogens with zero attached hydrogens (tertiary/aromatic N) is 1. The van der Waals surface area contributed by atoms with Gasteiger partial charge in [0.25, 0.3) is 0 Å². The fourth-order valence-corrected chi connectivity index (χ4v) is 4.47. The SMILES string of the molecule is O=C(O)CN1C(=O)[C@H](N[C@H](CCc2ccccc2)C(=O)OCc2ccccc2)CCc2ccccc21. The highest BCUT2D eigenvalue weighted by Gasteiger charge is 2.34. The molecule has 0 spiro atoms. The van der Waals surface area contributed by atoms with E-state index in [1.54, 1.807) is 12.1 Å². The number of hydrogen-bond acceptors (Lipinski definition) is 5. The van der Waals surface area contributed by atoms with Gasteiger partial charge in [0.2, 0.25) is 5.91 Å². The van der Waals surface area contributed by atoms with Crippen LogP contribution < -0.4 is 10.2 Å². The molecule has 1 heterocycles. The molecule has 4 rings (SSSR count). The molecular formula is C29H30N2O5. The van der Waals surface area contributed by atoms with Gasteiger partial charge in [-0.3, -0.25) is 24.6 Å². The van der Waals surface area contributed by atoms with Gasteiger partial charge in [-0.15, -0.1) is 0 Å². The number of hydrogen-bond donors (Lipinski definition) is 2. The van der Waals surface area contributed by atoms with Gasteiger partial charge in [-0.25, -0.2) is 0 Å². The van der Waals surface area contributed by atoms with Crippen molar-refractivity contribution in [3.8, 4) is 0 Å². The Hall–Kier alpha value is -3.97. The fourth-order valence-electron chi connectivity index (χ4n) is 4.47. The Morgan fingerprint density at radius 3 is 2.28 bits per heavy atom. The van der Waals surface area contributed by atoms with Crippen molar-refractivity contribution in [3.63, 3.8) is 0 Å². The van der Waals surface area contributed by atoms with Crippen molar-refractivity contribution in [1.29, 1.82) is 0 Å². The Kier molecular flexibility index (Phi) is 8.47. The number of benzene rings is 3. The Morgan fingerprint density at radius 2 is 1.58 bits per heavy atom. The summed E-state index contributed by atoms with van der Waals surface area (Å²) in [7, 11) is 0. The van der Waals surface area contributed by atoms with Crippen LogP contribution in [0, 0.1) is 0 Å². The van der Waals surface area contributed by atoms with E-state index in [0.717, 1.165) is 16.7 Å². The average molecular weight is 487 g/mol. The Morgan fingerprint density at radius 1 is 0.944 bits per heavy atom. The van der Waals surface area contributed by atoms with Gasteiger partial charge in [0.05, 0.1) is 6.04 Å². The maximum atomic E-state index is 13.5. The third-order valence-corrected chi connectivity index (χ3v) is 6.32. The van der Waals surface area contributed by atoms with Crippen LogP contribution in [-0.2, 0) is 38.6 Å². The van der Waals surface area contributed by atoms with Gasteiger partial charge >= 0.3 is 11.9 Å². The van der Waals surface area contributed by atoms with E-state index in [2.05, 4.69) is 5.32 Å². The Bertz CT molecular complexity index is 1180. The summed E-state index contributed by atoms with van der Waals surface area (Å²) in [6, 6.07) is 25.1. The minimum absolute atomic E-state index is 0.137. The first-order valence-corrected chi connectivity index (χ1v) is 12.1. The second-order valence-corrected chi connectivity index (χ2v) is 8.87. The maximum Gasteiger partial charge on any atom is 0.323 e. The molecule has 1 amide bonds. The zero-order valence-electron chi connectivity index (χ0n) is 20.0. The number of fused-ring (bicyclic) bond motifs is 1. The number of rotatable bonds is 10. The van der Waals surface area contributed by atoms with Crippen LogP contribution in [0.2, 0.25) is 0 Å². The molecule has 0 aliphatic carbocycles. The van der Waals surface area contributed by atoms with E-state index in [0.29, 0.717) is 31.4 Å². The van der Waals surface area contributed by atoms with Crippen LogP contribution in [0.15, 0.2) is 84.9 Å². The molecule has 0 bridgehead atoms. The largest absolute Gasteiger partial charge is 0.480 e. The van der Waals surface area contributed by atoms with E-state index in [1.807, 2.05) is 72.8 Å². The zero-order chi connectivity index (χ0) is 25.3. The number of nitrogens with one attached hydrogen (secondary N) is 1. The number of carboxylic acid groups (broad SMARTS) is 1. The molecule has 0 radical (unpaired) electrons. The van der Waals surface area contributed by atoms with Crippen LogP contribution in [0.1, 0.15) is 29.5 Å². The number of esters is 1. The van der Waals surface area contributed by atoms with Crippen molar-refractivity contribution in [2.45, 2.75) is 44.4 Å². The molecule has 1 aliphatic rings. The summed E-state index contributed by atoms with van der Waals surface area (Å²) in [6.45, 7) is -0.306. The lowest BCUT2D eigenvalue weighted by molar-refractivity contribution is -0.148. The van der Waals surface area contributed by atoms with Crippen molar-refractivity contribution < 1.29 is 24.2 Å². The highest BCUT2D eigenvalue weighted by molar-refractivity contribution is 6.02. The molecule has 3 aromatic carbocycles. The van der Waals surface area contributed by atoms with Gasteiger partial charge in [0.1, 0.15) is 19.2 Å². The highest BCUT2D eigenvalue weighted by Crippen LogP contribution is 2.27. The molecule has 0 unspecified atom stereocenters. The molecule has 0 saturated carbocycles. The topological polar surface area (TPSA) is 95.9 Å². The van der Waals surface area contributed by atoms with Crippen molar-refractivity contribution in [2.75, 3.05) is 11.4 Å². The van der Waals surface area contributed by atoms with E-state index in [1.165, 1.54) is 4.90 Å². The number of aliphatic carboxylic acids is 1. The second-order valence-electron chi connectivity index (χ2n) is 8.87. The number of aryl methyl sites for hydroxylation is 2. The molecule has 2 N–H and O–H groups in total. The van der Waals surface area contributed by atoms with Gasteiger partial charge in [-0.05, 0) is 48.4 Å². The van der Waals surface area contributed by atoms with Gasteiger partial charge in [-0.2, -0.15) is 0 Å². The molecule has 1 aliphatic heterocycles. The Labute approximate surface area is 210 Å². The first-order chi connectivity index (χ1) is 17.5. The molecule has 0 saturated heterocycles. The number of carboxylic acids is 1. The third kappa shape index (κ3) is 6.58. The van der Waals surface area contributed by atoms with E-state index in [9.17, 15) is 19.5 Å². The summed E-state index contributed by atoms with van der Waals surface area (Å²) in [4.78, 5) is 39.5. The summed E-state index contributed by atoms with van der Waals surface area (Å²) < 4.78 is 5.62. The zero-order valence-corrected chi connectivity index (χ0v) is 20.0. The molecule has 2 atom stereocenters. The van der Waals surface area contributed by atoms with E-state index in [4.69, 9.17) is 4.74 Å². The van der Waals surface area contributed by atoms with E-state index >= 15 is 0 Å². The third-order valence-electron chi connectivity index (χ3n) is 6.32. The predicted molar refractivity (Wildman–Crippen MR) is 136 cm³/mol. The summed E-state index contributed by atoms with van der Waals surface area (Å²) in [6.07, 6.45) is 2.09. The minimum atomic E-state index is -1.10. The van der Waals surface area contributed by atoms with Crippen molar-refractivity contribution >= 4 is 23.5 Å². The lowest BCUT2D eigenvalue weighted by atomic mass is 10.0. The Balaban J connectivity index is 1.52. The monoisotopic (exact) mass is 486 g/mol. The molecule has 7 heteroatoms. The van der Waals surface area contributed by atoms with Gasteiger partial charge in [-0.1, -0.05) is 78.9 Å². The van der Waals surface area contributed by atoms with Gasteiger partial charge in [0.15, 0.2) is 0 Å². The lowest BCUT2D eigenvalue weighted by Gasteiger charge is -2.27. The van der Waals surface area contributed by atoms with Crippen LogP contribution in [-0.4, -0.2) is 41.6 Å². The summed E-state index contributed by atoms with van der Waals surface area (Å²) in [5, 5.41) is 12.7. The summed E-state index contributed by atoms with van der Waals surface area (Å²) in [5.74, 6) is -1.89. The summed E-state index contributed by atoms with van der Waals surface area (Å²) >= 11 is 0. The number of ether oxygens (including phenoxy) is 1. The molecule has 0 aromatic heterocycles. The molecule has 186 valence electrons. The first kappa shape index (κ1) is 25.1. The van der Waals surface area contributed by atoms with Gasteiger partial charge in [0, 0.05) is 5.69 Å². The molecule has 7 nitrogen and oxygen atoms in total. The highest BCUT2D eigenvalue weighted by atomic mass is 16.5. The minimum Gasteiger partial charge on any atom is -0.480 e. The van der Waals surface area contributed by atoms with Crippen LogP contribution >= 0.6 is 0 Å². The van der Waals surface area contributed by atoms with Crippen molar-refractivity contribution in [2.24, 2.45) is 0 Å². The number of para-hydroxylation sites is 1. The van der Waals surface area contributed by atoms with Crippen LogP contribution in [0.3, 0.4) is 0 Å². The number of amides is 1. The molecule has 3 aromatic rings. The molecule has 0 fully saturated rings. The van der Waals surface area contributed by atoms with Crippen molar-refractivity contribution in [3.05, 3.63) is 102 Å². The average Bonchev–Trinajstić information content (AvgIpc) is 3.02. The maximum absolute atomic E-state index is 13.5. The van der Waals surface area contributed by atoms with Gasteiger partial charge < -0.3 is 9.84 Å². The van der Waals surface area contributed by atoms with Crippen molar-refractivity contribution in [1.82, 2.24) is 5.32 Å². The van der Waals surface area contributed by atoms with E-state index < -0.39 is 30.6 Å². The lowest BCUT2D eigenvalue weighted by Crippen LogP contribution is -2.53. The normalized spacial score (nSPS) is 16.1. The summed E-state index contributed by atoms with van der Waals surface area (Å²) in [5.41, 5.74) is 3.46. The second kappa shape index (κ2) is 12.1. The first-order valence-electron chi connectivity index (χ1n) is 12.1. The standard InChI is InChI=1S/C29H30N2O5/c32-27(33)19-31-26-14-8-7-13-23(26)16-18-24(28(31)34)30-25(17-15-21-9-3-1-4-10-21)29(35)36-20-22-11-5-2-6-12-22/h1-14,24-25,30H,15-20H2,(H,32,33)/t24-,25-/m1/s1. The van der Waals surface area contributed by atoms with Crippen LogP contribution in [0.25, 0.3) is 0 Å². The molecular weight excluding hydrogens is 456 g/mol. The quantitative estimate of drug-likeness (QED) is 0.424. The van der Waals surface area contributed by atoms with Crippen LogP contribution in [0.5, 0.6) is 0 Å². The molecule has 36 heavy (non-hydrogen) atoms. The number of carbonyl (C=O) groups excluding carboxylic acids is 2. The van der Waals surface area contributed by atoms with Crippen LogP contribution in [0.4, 0.5) is 5.69 Å². The number of anilines is 1. The number of carbonyl (C=O) groups is 3. The smallest absolute Gasteiger partial charge is 0.323 e.